The molecule has 1 aromatic heterocycles. The van der Waals surface area contributed by atoms with Gasteiger partial charge in [0.05, 0.1) is 13.3 Å². The minimum atomic E-state index is 0.0609. The van der Waals surface area contributed by atoms with Crippen LogP contribution in [0.15, 0.2) is 52.9 Å². The van der Waals surface area contributed by atoms with Gasteiger partial charge in [0.1, 0.15) is 11.5 Å². The Morgan fingerprint density at radius 2 is 2.05 bits per heavy atom. The lowest BCUT2D eigenvalue weighted by Gasteiger charge is -2.02. The molecule has 6 nitrogen and oxygen atoms in total. The van der Waals surface area contributed by atoms with Crippen molar-refractivity contribution in [1.29, 1.82) is 0 Å². The van der Waals surface area contributed by atoms with Crippen molar-refractivity contribution in [3.63, 3.8) is 0 Å². The molecule has 0 saturated carbocycles. The van der Waals surface area contributed by atoms with E-state index in [2.05, 4.69) is 15.2 Å². The van der Waals surface area contributed by atoms with Crippen molar-refractivity contribution in [2.75, 3.05) is 7.11 Å². The summed E-state index contributed by atoms with van der Waals surface area (Å²) >= 11 is 0. The van der Waals surface area contributed by atoms with Crippen LogP contribution in [0.3, 0.4) is 0 Å². The summed E-state index contributed by atoms with van der Waals surface area (Å²) in [5.41, 5.74) is 7.03. The molecule has 6 heteroatoms. The zero-order valence-electron chi connectivity index (χ0n) is 10.9. The van der Waals surface area contributed by atoms with Crippen LogP contribution in [0.4, 0.5) is 0 Å². The molecule has 0 spiro atoms. The summed E-state index contributed by atoms with van der Waals surface area (Å²) in [5, 5.41) is 17.5. The Kier molecular flexibility index (Phi) is 4.28. The molecule has 0 radical (unpaired) electrons. The third kappa shape index (κ3) is 3.32. The number of nitrogens with two attached hydrogens (primary N) is 1. The number of phenolic OH excluding ortho intramolecular Hbond substituents is 1. The molecule has 102 valence electrons. The number of hydrogen-bond acceptors (Lipinski definition) is 5. The molecular weight excluding hydrogens is 256 g/mol. The summed E-state index contributed by atoms with van der Waals surface area (Å²) in [5.74, 6) is 0.905. The maximum absolute atomic E-state index is 9.75. The van der Waals surface area contributed by atoms with Crippen molar-refractivity contribution in [1.82, 2.24) is 4.98 Å². The van der Waals surface area contributed by atoms with E-state index in [0.29, 0.717) is 11.3 Å². The average Bonchev–Trinajstić information content (AvgIpc) is 2.49. The zero-order valence-corrected chi connectivity index (χ0v) is 10.9. The third-order valence-electron chi connectivity index (χ3n) is 2.58. The minimum Gasteiger partial charge on any atom is -0.507 e. The van der Waals surface area contributed by atoms with Gasteiger partial charge < -0.3 is 15.6 Å². The quantitative estimate of drug-likeness (QED) is 0.500. The van der Waals surface area contributed by atoms with Gasteiger partial charge in [-0.3, -0.25) is 4.98 Å². The van der Waals surface area contributed by atoms with Gasteiger partial charge >= 0.3 is 0 Å². The van der Waals surface area contributed by atoms with Crippen molar-refractivity contribution in [3.05, 3.63) is 53.9 Å². The molecule has 0 amide bonds. The normalized spacial score (nSPS) is 11.8. The van der Waals surface area contributed by atoms with Crippen LogP contribution in [0.1, 0.15) is 11.1 Å². The summed E-state index contributed by atoms with van der Waals surface area (Å²) in [7, 11) is 1.53. The molecule has 0 aliphatic carbocycles. The summed E-state index contributed by atoms with van der Waals surface area (Å²) in [4.78, 5) is 3.89. The van der Waals surface area contributed by atoms with Gasteiger partial charge in [-0.15, -0.1) is 5.10 Å². The van der Waals surface area contributed by atoms with Gasteiger partial charge in [-0.2, -0.15) is 5.10 Å². The lowest BCUT2D eigenvalue weighted by molar-refractivity contribution is 0.407. The number of aromatic hydroxyl groups is 1. The molecule has 0 atom stereocenters. The van der Waals surface area contributed by atoms with Gasteiger partial charge in [0.15, 0.2) is 5.84 Å². The van der Waals surface area contributed by atoms with Crippen molar-refractivity contribution < 1.29 is 9.84 Å². The van der Waals surface area contributed by atoms with E-state index < -0.39 is 0 Å². The highest BCUT2D eigenvalue weighted by atomic mass is 16.5. The Bertz CT molecular complexity index is 639. The average molecular weight is 270 g/mol. The lowest BCUT2D eigenvalue weighted by Crippen LogP contribution is -2.12. The van der Waals surface area contributed by atoms with Crippen molar-refractivity contribution >= 4 is 12.1 Å². The van der Waals surface area contributed by atoms with Crippen LogP contribution in [-0.2, 0) is 0 Å². The first kappa shape index (κ1) is 13.5. The predicted octanol–water partition coefficient (Wildman–Crippen LogP) is 1.54. The van der Waals surface area contributed by atoms with E-state index in [-0.39, 0.29) is 11.6 Å². The Morgan fingerprint density at radius 1 is 1.30 bits per heavy atom. The number of amidine groups is 1. The van der Waals surface area contributed by atoms with Crippen LogP contribution in [0.2, 0.25) is 0 Å². The van der Waals surface area contributed by atoms with Crippen LogP contribution < -0.4 is 10.5 Å². The van der Waals surface area contributed by atoms with Gasteiger partial charge in [0.25, 0.3) is 0 Å². The molecule has 2 aromatic rings. The van der Waals surface area contributed by atoms with E-state index in [1.165, 1.54) is 19.4 Å². The van der Waals surface area contributed by atoms with Crippen LogP contribution in [0.5, 0.6) is 11.5 Å². The van der Waals surface area contributed by atoms with Gasteiger partial charge in [-0.25, -0.2) is 0 Å². The van der Waals surface area contributed by atoms with Crippen molar-refractivity contribution in [2.45, 2.75) is 0 Å². The van der Waals surface area contributed by atoms with E-state index in [0.717, 1.165) is 5.56 Å². The van der Waals surface area contributed by atoms with E-state index in [4.69, 9.17) is 10.5 Å². The molecule has 0 saturated heterocycles. The van der Waals surface area contributed by atoms with Crippen molar-refractivity contribution in [3.8, 4) is 11.5 Å². The molecular formula is C14H14N4O2. The molecule has 0 aliphatic rings. The number of nitrogens with zero attached hydrogens (tertiary/aromatic N) is 3. The first-order valence-corrected chi connectivity index (χ1v) is 5.84. The Hall–Kier alpha value is -2.89. The molecule has 2 rings (SSSR count). The fraction of sp³-hybridized carbons (Fsp3) is 0.0714. The number of methoxy groups -OCH3 is 1. The Morgan fingerprint density at radius 3 is 2.70 bits per heavy atom. The molecule has 0 bridgehead atoms. The number of ether oxygens (including phenoxy) is 1. The second-order valence-electron chi connectivity index (χ2n) is 3.89. The van der Waals surface area contributed by atoms with Crippen molar-refractivity contribution in [2.24, 2.45) is 15.9 Å². The zero-order chi connectivity index (χ0) is 14.4. The number of pyridine rings is 1. The molecule has 0 fully saturated rings. The van der Waals surface area contributed by atoms with Gasteiger partial charge in [-0.1, -0.05) is 0 Å². The number of aromatic nitrogens is 1. The predicted molar refractivity (Wildman–Crippen MR) is 77.2 cm³/mol. The maximum atomic E-state index is 9.75. The van der Waals surface area contributed by atoms with Crippen LogP contribution in [0.25, 0.3) is 0 Å². The standard InChI is InChI=1S/C14H14N4O2/c1-20-12-3-2-11(13(19)8-12)9-17-18-14(15)10-4-6-16-7-5-10/h2-9,19H,1H3,(H2,15,18)/b17-9+. The van der Waals surface area contributed by atoms with E-state index >= 15 is 0 Å². The molecule has 1 heterocycles. The summed E-state index contributed by atoms with van der Waals surface area (Å²) in [6.45, 7) is 0. The molecule has 0 aliphatic heterocycles. The topological polar surface area (TPSA) is 93.1 Å². The molecule has 0 unspecified atom stereocenters. The number of benzene rings is 1. The first-order chi connectivity index (χ1) is 9.70. The SMILES string of the molecule is COc1ccc(/C=N/N=C(\N)c2ccncc2)c(O)c1. The number of hydrogen-bond donors (Lipinski definition) is 2. The summed E-state index contributed by atoms with van der Waals surface area (Å²) < 4.78 is 4.99. The largest absolute Gasteiger partial charge is 0.507 e. The fourth-order valence-electron chi connectivity index (χ4n) is 1.49. The fourth-order valence-corrected chi connectivity index (χ4v) is 1.49. The smallest absolute Gasteiger partial charge is 0.153 e. The minimum absolute atomic E-state index is 0.0609. The summed E-state index contributed by atoms with van der Waals surface area (Å²) in [6, 6.07) is 8.36. The van der Waals surface area contributed by atoms with Crippen LogP contribution in [-0.4, -0.2) is 29.3 Å². The number of rotatable bonds is 4. The highest BCUT2D eigenvalue weighted by Gasteiger charge is 2.00. The van der Waals surface area contributed by atoms with E-state index in [1.54, 1.807) is 36.7 Å². The third-order valence-corrected chi connectivity index (χ3v) is 2.58. The van der Waals surface area contributed by atoms with Crippen LogP contribution >= 0.6 is 0 Å². The second kappa shape index (κ2) is 6.33. The highest BCUT2D eigenvalue weighted by molar-refractivity contribution is 5.97. The Labute approximate surface area is 116 Å². The highest BCUT2D eigenvalue weighted by Crippen LogP contribution is 2.21. The second-order valence-corrected chi connectivity index (χ2v) is 3.89. The first-order valence-electron chi connectivity index (χ1n) is 5.84. The van der Waals surface area contributed by atoms with Crippen LogP contribution in [0, 0.1) is 0 Å². The molecule has 20 heavy (non-hydrogen) atoms. The van der Waals surface area contributed by atoms with Gasteiger partial charge in [0, 0.05) is 29.6 Å². The monoisotopic (exact) mass is 270 g/mol. The number of phenols is 1. The molecule has 3 N–H and O–H groups in total. The van der Waals surface area contributed by atoms with Gasteiger partial charge in [-0.05, 0) is 24.3 Å². The lowest BCUT2D eigenvalue weighted by atomic mass is 10.2. The molecule has 1 aromatic carbocycles. The van der Waals surface area contributed by atoms with E-state index in [9.17, 15) is 5.11 Å². The van der Waals surface area contributed by atoms with Gasteiger partial charge in [0.2, 0.25) is 0 Å². The van der Waals surface area contributed by atoms with E-state index in [1.807, 2.05) is 0 Å². The Balaban J connectivity index is 2.14. The summed E-state index contributed by atoms with van der Waals surface area (Å²) in [6.07, 6.45) is 4.66. The maximum Gasteiger partial charge on any atom is 0.153 e.